The number of sulfonamides is 1. The highest BCUT2D eigenvalue weighted by atomic mass is 32.2. The molecule has 0 amide bonds. The molecule has 19 heavy (non-hydrogen) atoms. The molecule has 2 heterocycles. The third-order valence-electron chi connectivity index (χ3n) is 2.53. The van der Waals surface area contributed by atoms with Crippen LogP contribution in [0.2, 0.25) is 0 Å². The maximum Gasteiger partial charge on any atom is 0.242 e. The van der Waals surface area contributed by atoms with Crippen LogP contribution < -0.4 is 10.5 Å². The molecule has 0 aliphatic heterocycles. The zero-order valence-corrected chi connectivity index (χ0v) is 12.3. The molecule has 0 atom stereocenters. The zero-order chi connectivity index (χ0) is 14.0. The Kier molecular flexibility index (Phi) is 4.04. The number of hydrogen-bond donors (Lipinski definition) is 2. The van der Waals surface area contributed by atoms with Crippen molar-refractivity contribution in [1.82, 2.24) is 9.88 Å². The molecule has 3 N–H and O–H groups in total. The molecule has 0 fully saturated rings. The lowest BCUT2D eigenvalue weighted by molar-refractivity contribution is 0.377. The molecule has 0 saturated carbocycles. The fraction of sp³-hybridized carbons (Fsp3) is 0.364. The predicted molar refractivity (Wildman–Crippen MR) is 72.2 cm³/mol. The van der Waals surface area contributed by atoms with E-state index in [0.29, 0.717) is 18.0 Å². The van der Waals surface area contributed by atoms with Crippen molar-refractivity contribution >= 4 is 21.4 Å². The lowest BCUT2D eigenvalue weighted by Crippen LogP contribution is -2.23. The van der Waals surface area contributed by atoms with E-state index in [9.17, 15) is 8.42 Å². The van der Waals surface area contributed by atoms with Crippen molar-refractivity contribution in [3.63, 3.8) is 0 Å². The Hall–Kier alpha value is -1.22. The third-order valence-corrected chi connectivity index (χ3v) is 5.26. The maximum absolute atomic E-state index is 12.2. The molecule has 0 aliphatic carbocycles. The van der Waals surface area contributed by atoms with Crippen molar-refractivity contribution in [2.24, 2.45) is 5.73 Å². The molecular formula is C11H15N3O3S2. The second-order valence-corrected chi connectivity index (χ2v) is 7.17. The SMILES string of the molecule is Cc1cc(CNS(=O)(=O)c2cc(CN)sc2C)on1. The summed E-state index contributed by atoms with van der Waals surface area (Å²) in [5.41, 5.74) is 6.23. The molecule has 0 radical (unpaired) electrons. The monoisotopic (exact) mass is 301 g/mol. The molecular weight excluding hydrogens is 286 g/mol. The maximum atomic E-state index is 12.2. The van der Waals surface area contributed by atoms with E-state index in [-0.39, 0.29) is 11.4 Å². The first-order chi connectivity index (χ1) is 8.92. The summed E-state index contributed by atoms with van der Waals surface area (Å²) in [6.07, 6.45) is 0. The van der Waals surface area contributed by atoms with E-state index in [1.165, 1.54) is 11.3 Å². The van der Waals surface area contributed by atoms with Crippen molar-refractivity contribution in [2.45, 2.75) is 31.8 Å². The predicted octanol–water partition coefficient (Wildman–Crippen LogP) is 1.29. The van der Waals surface area contributed by atoms with Gasteiger partial charge in [-0.3, -0.25) is 0 Å². The van der Waals surface area contributed by atoms with Gasteiger partial charge in [0.25, 0.3) is 0 Å². The number of nitrogens with one attached hydrogen (secondary N) is 1. The van der Waals surface area contributed by atoms with Gasteiger partial charge < -0.3 is 10.3 Å². The van der Waals surface area contributed by atoms with Gasteiger partial charge in [0.1, 0.15) is 0 Å². The highest BCUT2D eigenvalue weighted by Gasteiger charge is 2.20. The second-order valence-electron chi connectivity index (χ2n) is 4.10. The normalized spacial score (nSPS) is 11.9. The summed E-state index contributed by atoms with van der Waals surface area (Å²) in [4.78, 5) is 1.84. The first-order valence-corrected chi connectivity index (χ1v) is 7.93. The molecule has 2 rings (SSSR count). The van der Waals surface area contributed by atoms with Crippen molar-refractivity contribution in [2.75, 3.05) is 0 Å². The van der Waals surface area contributed by atoms with Crippen molar-refractivity contribution < 1.29 is 12.9 Å². The second kappa shape index (κ2) is 5.41. The summed E-state index contributed by atoms with van der Waals surface area (Å²) in [6.45, 7) is 3.95. The van der Waals surface area contributed by atoms with E-state index in [4.69, 9.17) is 10.3 Å². The number of hydrogen-bond acceptors (Lipinski definition) is 6. The van der Waals surface area contributed by atoms with Crippen LogP contribution in [0.5, 0.6) is 0 Å². The Morgan fingerprint density at radius 2 is 2.16 bits per heavy atom. The third kappa shape index (κ3) is 3.21. The Morgan fingerprint density at radius 1 is 1.42 bits per heavy atom. The highest BCUT2D eigenvalue weighted by molar-refractivity contribution is 7.89. The van der Waals surface area contributed by atoms with Gasteiger partial charge >= 0.3 is 0 Å². The first-order valence-electron chi connectivity index (χ1n) is 5.63. The van der Waals surface area contributed by atoms with Crippen LogP contribution >= 0.6 is 11.3 Å². The van der Waals surface area contributed by atoms with Crippen LogP contribution in [0.25, 0.3) is 0 Å². The van der Waals surface area contributed by atoms with Gasteiger partial charge in [-0.1, -0.05) is 5.16 Å². The largest absolute Gasteiger partial charge is 0.360 e. The summed E-state index contributed by atoms with van der Waals surface area (Å²) in [5.74, 6) is 0.480. The van der Waals surface area contributed by atoms with E-state index in [1.54, 1.807) is 26.0 Å². The van der Waals surface area contributed by atoms with E-state index in [0.717, 1.165) is 9.75 Å². The van der Waals surface area contributed by atoms with E-state index in [2.05, 4.69) is 9.88 Å². The number of rotatable bonds is 5. The molecule has 0 unspecified atom stereocenters. The van der Waals surface area contributed by atoms with Crippen molar-refractivity contribution in [3.05, 3.63) is 33.3 Å². The van der Waals surface area contributed by atoms with Crippen LogP contribution in [-0.4, -0.2) is 13.6 Å². The van der Waals surface area contributed by atoms with Crippen LogP contribution in [0, 0.1) is 13.8 Å². The minimum Gasteiger partial charge on any atom is -0.360 e. The van der Waals surface area contributed by atoms with Crippen molar-refractivity contribution in [1.29, 1.82) is 0 Å². The van der Waals surface area contributed by atoms with E-state index in [1.807, 2.05) is 0 Å². The quantitative estimate of drug-likeness (QED) is 0.867. The molecule has 104 valence electrons. The Balaban J connectivity index is 2.15. The summed E-state index contributed by atoms with van der Waals surface area (Å²) >= 11 is 1.39. The smallest absolute Gasteiger partial charge is 0.242 e. The summed E-state index contributed by atoms with van der Waals surface area (Å²) in [5, 5.41) is 3.70. The molecule has 0 bridgehead atoms. The fourth-order valence-corrected chi connectivity index (χ4v) is 4.14. The zero-order valence-electron chi connectivity index (χ0n) is 10.6. The number of nitrogens with zero attached hydrogens (tertiary/aromatic N) is 1. The molecule has 6 nitrogen and oxygen atoms in total. The minimum absolute atomic E-state index is 0.0798. The highest BCUT2D eigenvalue weighted by Crippen LogP contribution is 2.25. The fourth-order valence-electron chi connectivity index (χ4n) is 1.64. The van der Waals surface area contributed by atoms with Crippen molar-refractivity contribution in [3.8, 4) is 0 Å². The number of aryl methyl sites for hydroxylation is 2. The van der Waals surface area contributed by atoms with Gasteiger partial charge in [-0.15, -0.1) is 11.3 Å². The van der Waals surface area contributed by atoms with Gasteiger partial charge in [-0.05, 0) is 19.9 Å². The van der Waals surface area contributed by atoms with Gasteiger partial charge in [0.2, 0.25) is 10.0 Å². The average Bonchev–Trinajstić information content (AvgIpc) is 2.93. The van der Waals surface area contributed by atoms with Crippen LogP contribution in [0.4, 0.5) is 0 Å². The van der Waals surface area contributed by atoms with Gasteiger partial charge in [-0.2, -0.15) is 0 Å². The van der Waals surface area contributed by atoms with Gasteiger partial charge in [0, 0.05) is 22.4 Å². The first kappa shape index (κ1) is 14.2. The summed E-state index contributed by atoms with van der Waals surface area (Å²) < 4.78 is 31.8. The van der Waals surface area contributed by atoms with Crippen LogP contribution in [-0.2, 0) is 23.1 Å². The molecule has 2 aromatic rings. The summed E-state index contributed by atoms with van der Waals surface area (Å²) in [7, 11) is -3.55. The van der Waals surface area contributed by atoms with Gasteiger partial charge in [-0.25, -0.2) is 13.1 Å². The molecule has 2 aromatic heterocycles. The molecule has 0 aromatic carbocycles. The minimum atomic E-state index is -3.55. The topological polar surface area (TPSA) is 98.2 Å². The number of thiophene rings is 1. The van der Waals surface area contributed by atoms with Crippen LogP contribution in [0.15, 0.2) is 21.6 Å². The summed E-state index contributed by atoms with van der Waals surface area (Å²) in [6, 6.07) is 3.29. The number of nitrogens with two attached hydrogens (primary N) is 1. The Labute approximate surface area is 115 Å². The van der Waals surface area contributed by atoms with Crippen LogP contribution in [0.3, 0.4) is 0 Å². The van der Waals surface area contributed by atoms with E-state index < -0.39 is 10.0 Å². The average molecular weight is 301 g/mol. The molecule has 8 heteroatoms. The standard InChI is InChI=1S/C11H15N3O3S2/c1-7-3-9(17-14-7)6-13-19(15,16)11-4-10(5-12)18-8(11)2/h3-4,13H,5-6,12H2,1-2H3. The molecule has 0 spiro atoms. The molecule has 0 aliphatic rings. The number of aromatic nitrogens is 1. The van der Waals surface area contributed by atoms with E-state index >= 15 is 0 Å². The lowest BCUT2D eigenvalue weighted by atomic mass is 10.4. The Bertz CT molecular complexity index is 673. The van der Waals surface area contributed by atoms with Crippen LogP contribution in [0.1, 0.15) is 21.2 Å². The van der Waals surface area contributed by atoms with Gasteiger partial charge in [0.15, 0.2) is 5.76 Å². The lowest BCUT2D eigenvalue weighted by Gasteiger charge is -2.03. The molecule has 0 saturated heterocycles. The van der Waals surface area contributed by atoms with Gasteiger partial charge in [0.05, 0.1) is 17.1 Å². The Morgan fingerprint density at radius 3 is 2.68 bits per heavy atom.